The van der Waals surface area contributed by atoms with Crippen molar-refractivity contribution in [2.24, 2.45) is 0 Å². The van der Waals surface area contributed by atoms with Crippen molar-refractivity contribution >= 4 is 17.6 Å². The van der Waals surface area contributed by atoms with Gasteiger partial charge in [-0.1, -0.05) is 17.7 Å². The summed E-state index contributed by atoms with van der Waals surface area (Å²) in [6.45, 7) is 1.35. The van der Waals surface area contributed by atoms with Gasteiger partial charge in [0.1, 0.15) is 12.4 Å². The van der Waals surface area contributed by atoms with E-state index in [4.69, 9.17) is 16.3 Å². The SMILES string of the molecule is C[NH+](C)C.Cc1ccc(Cl)cc1OCC(=O)[O-]. The van der Waals surface area contributed by atoms with E-state index in [-0.39, 0.29) is 0 Å². The van der Waals surface area contributed by atoms with E-state index in [1.165, 1.54) is 4.90 Å². The Kier molecular flexibility index (Phi) is 7.34. The molecule has 0 aliphatic heterocycles. The second kappa shape index (κ2) is 7.92. The van der Waals surface area contributed by atoms with Gasteiger partial charge >= 0.3 is 0 Å². The van der Waals surface area contributed by atoms with Crippen molar-refractivity contribution in [3.8, 4) is 5.75 Å². The number of hydrogen-bond donors (Lipinski definition) is 1. The molecule has 96 valence electrons. The maximum absolute atomic E-state index is 10.1. The number of carbonyl (C=O) groups is 1. The zero-order chi connectivity index (χ0) is 13.4. The molecular formula is C12H18ClNO3. The number of aliphatic carboxylic acids is 1. The van der Waals surface area contributed by atoms with Crippen molar-refractivity contribution in [1.82, 2.24) is 0 Å². The van der Waals surface area contributed by atoms with Gasteiger partial charge in [-0.2, -0.15) is 0 Å². The Morgan fingerprint density at radius 3 is 2.41 bits per heavy atom. The van der Waals surface area contributed by atoms with Gasteiger partial charge in [0.05, 0.1) is 27.1 Å². The van der Waals surface area contributed by atoms with Crippen LogP contribution in [0.5, 0.6) is 5.75 Å². The molecule has 0 heterocycles. The lowest BCUT2D eigenvalue weighted by Gasteiger charge is -2.09. The van der Waals surface area contributed by atoms with Gasteiger partial charge < -0.3 is 19.5 Å². The van der Waals surface area contributed by atoms with Crippen LogP contribution < -0.4 is 14.7 Å². The maximum atomic E-state index is 10.1. The molecule has 0 aliphatic rings. The fourth-order valence-corrected chi connectivity index (χ4v) is 1.03. The number of hydrogen-bond acceptors (Lipinski definition) is 3. The van der Waals surface area contributed by atoms with Gasteiger partial charge in [-0.05, 0) is 24.6 Å². The molecule has 1 N–H and O–H groups in total. The van der Waals surface area contributed by atoms with Crippen molar-refractivity contribution in [1.29, 1.82) is 0 Å². The summed E-state index contributed by atoms with van der Waals surface area (Å²) >= 11 is 5.69. The van der Waals surface area contributed by atoms with Gasteiger partial charge in [0.15, 0.2) is 0 Å². The Balaban J connectivity index is 0.000000557. The molecule has 1 aromatic carbocycles. The zero-order valence-corrected chi connectivity index (χ0v) is 11.3. The van der Waals surface area contributed by atoms with Crippen LogP contribution in [0.4, 0.5) is 0 Å². The second-order valence-corrected chi connectivity index (χ2v) is 4.51. The van der Waals surface area contributed by atoms with Crippen LogP contribution in [0.3, 0.4) is 0 Å². The largest absolute Gasteiger partial charge is 0.546 e. The van der Waals surface area contributed by atoms with Crippen LogP contribution in [0.25, 0.3) is 0 Å². The fourth-order valence-electron chi connectivity index (χ4n) is 0.866. The summed E-state index contributed by atoms with van der Waals surface area (Å²) < 4.78 is 4.93. The zero-order valence-electron chi connectivity index (χ0n) is 10.5. The minimum atomic E-state index is -1.25. The van der Waals surface area contributed by atoms with E-state index < -0.39 is 12.6 Å². The molecular weight excluding hydrogens is 242 g/mol. The Hall–Kier alpha value is -1.26. The maximum Gasteiger partial charge on any atom is 0.128 e. The highest BCUT2D eigenvalue weighted by molar-refractivity contribution is 6.30. The highest BCUT2D eigenvalue weighted by atomic mass is 35.5. The van der Waals surface area contributed by atoms with E-state index in [0.717, 1.165) is 5.56 Å². The van der Waals surface area contributed by atoms with E-state index in [2.05, 4.69) is 21.1 Å². The number of aryl methyl sites for hydroxylation is 1. The molecule has 0 saturated heterocycles. The summed E-state index contributed by atoms with van der Waals surface area (Å²) in [5, 5.41) is 10.6. The molecule has 0 radical (unpaired) electrons. The van der Waals surface area contributed by atoms with Gasteiger partial charge in [-0.3, -0.25) is 0 Å². The topological polar surface area (TPSA) is 53.8 Å². The van der Waals surface area contributed by atoms with E-state index >= 15 is 0 Å². The minimum absolute atomic E-state index is 0.457. The van der Waals surface area contributed by atoms with Crippen molar-refractivity contribution in [3.05, 3.63) is 28.8 Å². The van der Waals surface area contributed by atoms with Crippen LogP contribution in [-0.2, 0) is 4.79 Å². The van der Waals surface area contributed by atoms with Crippen molar-refractivity contribution in [2.45, 2.75) is 6.92 Å². The Morgan fingerprint density at radius 1 is 1.41 bits per heavy atom. The van der Waals surface area contributed by atoms with Crippen LogP contribution in [-0.4, -0.2) is 33.7 Å². The lowest BCUT2D eigenvalue weighted by atomic mass is 10.2. The molecule has 1 rings (SSSR count). The monoisotopic (exact) mass is 259 g/mol. The highest BCUT2D eigenvalue weighted by Crippen LogP contribution is 2.22. The van der Waals surface area contributed by atoms with Crippen LogP contribution >= 0.6 is 11.6 Å². The molecule has 0 unspecified atom stereocenters. The number of nitrogens with one attached hydrogen (secondary N) is 1. The average molecular weight is 260 g/mol. The molecule has 1 aromatic rings. The predicted octanol–water partition coefficient (Wildman–Crippen LogP) is -0.462. The molecule has 0 aromatic heterocycles. The van der Waals surface area contributed by atoms with Gasteiger partial charge in [0, 0.05) is 5.02 Å². The third-order valence-corrected chi connectivity index (χ3v) is 1.73. The van der Waals surface area contributed by atoms with Crippen molar-refractivity contribution in [3.63, 3.8) is 0 Å². The molecule has 4 nitrogen and oxygen atoms in total. The van der Waals surface area contributed by atoms with Gasteiger partial charge in [0.2, 0.25) is 0 Å². The predicted molar refractivity (Wildman–Crippen MR) is 65.4 cm³/mol. The van der Waals surface area contributed by atoms with Gasteiger partial charge in [0.25, 0.3) is 0 Å². The summed E-state index contributed by atoms with van der Waals surface area (Å²) in [6.07, 6.45) is 0. The number of quaternary nitrogens is 1. The summed E-state index contributed by atoms with van der Waals surface area (Å²) in [4.78, 5) is 11.5. The fraction of sp³-hybridized carbons (Fsp3) is 0.417. The molecule has 0 saturated carbocycles. The number of halogens is 1. The molecule has 0 fully saturated rings. The summed E-state index contributed by atoms with van der Waals surface area (Å²) in [6, 6.07) is 5.04. The summed E-state index contributed by atoms with van der Waals surface area (Å²) in [5.41, 5.74) is 0.839. The molecule has 0 spiro atoms. The summed E-state index contributed by atoms with van der Waals surface area (Å²) in [5.74, 6) is -0.781. The van der Waals surface area contributed by atoms with Crippen LogP contribution in [0.2, 0.25) is 5.02 Å². The molecule has 17 heavy (non-hydrogen) atoms. The number of benzene rings is 1. The van der Waals surface area contributed by atoms with E-state index in [9.17, 15) is 9.90 Å². The Morgan fingerprint density at radius 2 is 1.94 bits per heavy atom. The summed E-state index contributed by atoms with van der Waals surface area (Å²) in [7, 11) is 6.25. The Labute approximate surface area is 107 Å². The normalized spacial score (nSPS) is 9.53. The number of carbonyl (C=O) groups excluding carboxylic acids is 1. The van der Waals surface area contributed by atoms with Crippen LogP contribution in [0.15, 0.2) is 18.2 Å². The first-order valence-electron chi connectivity index (χ1n) is 5.18. The molecule has 0 amide bonds. The number of ether oxygens (including phenoxy) is 1. The van der Waals surface area contributed by atoms with E-state index in [0.29, 0.717) is 10.8 Å². The first kappa shape index (κ1) is 15.7. The van der Waals surface area contributed by atoms with Gasteiger partial charge in [-0.15, -0.1) is 0 Å². The lowest BCUT2D eigenvalue weighted by molar-refractivity contribution is -0.836. The van der Waals surface area contributed by atoms with Crippen LogP contribution in [0, 0.1) is 6.92 Å². The van der Waals surface area contributed by atoms with Gasteiger partial charge in [-0.25, -0.2) is 0 Å². The quantitative estimate of drug-likeness (QED) is 0.799. The molecule has 5 heteroatoms. The number of rotatable bonds is 3. The number of carboxylic acids is 1. The van der Waals surface area contributed by atoms with E-state index in [1.54, 1.807) is 25.1 Å². The standard InChI is InChI=1S/C9H9ClO3.C3H9N/c1-6-2-3-7(10)4-8(6)13-5-9(11)12;1-4(2)3/h2-4H,5H2,1H3,(H,11,12);1-3H3. The van der Waals surface area contributed by atoms with Crippen molar-refractivity contribution < 1.29 is 19.5 Å². The smallest absolute Gasteiger partial charge is 0.128 e. The highest BCUT2D eigenvalue weighted by Gasteiger charge is 1.99. The number of carboxylic acid groups (broad SMARTS) is 1. The third kappa shape index (κ3) is 8.54. The van der Waals surface area contributed by atoms with Crippen LogP contribution in [0.1, 0.15) is 5.56 Å². The molecule has 0 atom stereocenters. The van der Waals surface area contributed by atoms with E-state index in [1.807, 2.05) is 0 Å². The third-order valence-electron chi connectivity index (χ3n) is 1.50. The molecule has 0 bridgehead atoms. The van der Waals surface area contributed by atoms with Crippen molar-refractivity contribution in [2.75, 3.05) is 27.7 Å². The minimum Gasteiger partial charge on any atom is -0.546 e. The lowest BCUT2D eigenvalue weighted by Crippen LogP contribution is -3.02. The second-order valence-electron chi connectivity index (χ2n) is 4.07. The Bertz CT molecular complexity index is 364. The first-order chi connectivity index (χ1) is 7.82. The molecule has 0 aliphatic carbocycles. The average Bonchev–Trinajstić information content (AvgIpc) is 2.18. The first-order valence-corrected chi connectivity index (χ1v) is 5.56.